The normalized spacial score (nSPS) is 14.0. The van der Waals surface area contributed by atoms with E-state index in [0.717, 1.165) is 12.8 Å². The van der Waals surface area contributed by atoms with E-state index in [2.05, 4.69) is 0 Å². The molecule has 1 aliphatic rings. The van der Waals surface area contributed by atoms with Crippen molar-refractivity contribution in [2.75, 3.05) is 13.7 Å². The standard InChI is InChI=1S/C13H14ClNO4/c1-15(8-5-6-8)11(16)7-19-10-4-2-3-9(14)12(10)13(17)18/h2-4,8H,5-7H2,1H3,(H,17,18). The molecule has 0 heterocycles. The Morgan fingerprint density at radius 3 is 2.74 bits per heavy atom. The molecule has 1 aromatic rings. The molecule has 0 aliphatic heterocycles. The first kappa shape index (κ1) is 13.7. The predicted octanol–water partition coefficient (Wildman–Crippen LogP) is 2.04. The summed E-state index contributed by atoms with van der Waals surface area (Å²) in [4.78, 5) is 24.5. The van der Waals surface area contributed by atoms with Crippen LogP contribution in [0.15, 0.2) is 18.2 Å². The van der Waals surface area contributed by atoms with Crippen molar-refractivity contribution in [3.05, 3.63) is 28.8 Å². The number of carbonyl (C=O) groups is 2. The van der Waals surface area contributed by atoms with E-state index >= 15 is 0 Å². The maximum absolute atomic E-state index is 11.8. The van der Waals surface area contributed by atoms with E-state index in [-0.39, 0.29) is 28.8 Å². The minimum atomic E-state index is -1.18. The number of carboxylic acid groups (broad SMARTS) is 1. The summed E-state index contributed by atoms with van der Waals surface area (Å²) in [5.41, 5.74) is -0.119. The number of hydrogen-bond donors (Lipinski definition) is 1. The Bertz CT molecular complexity index is 513. The molecule has 2 rings (SSSR count). The number of likely N-dealkylation sites (N-methyl/N-ethyl adjacent to an activating group) is 1. The molecule has 1 aliphatic carbocycles. The van der Waals surface area contributed by atoms with Gasteiger partial charge in [-0.1, -0.05) is 17.7 Å². The molecule has 0 radical (unpaired) electrons. The zero-order valence-corrected chi connectivity index (χ0v) is 11.2. The second-order valence-electron chi connectivity index (χ2n) is 4.44. The first-order chi connectivity index (χ1) is 9.00. The molecule has 0 spiro atoms. The van der Waals surface area contributed by atoms with Gasteiger partial charge in [0.25, 0.3) is 5.91 Å². The van der Waals surface area contributed by atoms with Gasteiger partial charge in [-0.15, -0.1) is 0 Å². The van der Waals surface area contributed by atoms with Crippen molar-refractivity contribution < 1.29 is 19.4 Å². The summed E-state index contributed by atoms with van der Waals surface area (Å²) in [5, 5.41) is 9.15. The van der Waals surface area contributed by atoms with E-state index in [0.29, 0.717) is 6.04 Å². The van der Waals surface area contributed by atoms with Gasteiger partial charge in [0.2, 0.25) is 0 Å². The van der Waals surface area contributed by atoms with Crippen LogP contribution in [0.3, 0.4) is 0 Å². The maximum Gasteiger partial charge on any atom is 0.341 e. The van der Waals surface area contributed by atoms with Gasteiger partial charge in [-0.05, 0) is 25.0 Å². The van der Waals surface area contributed by atoms with E-state index in [4.69, 9.17) is 21.4 Å². The number of amides is 1. The Kier molecular flexibility index (Phi) is 3.95. The molecule has 0 saturated heterocycles. The minimum absolute atomic E-state index is 0.0907. The molecular weight excluding hydrogens is 270 g/mol. The molecule has 0 bridgehead atoms. The molecule has 1 N–H and O–H groups in total. The minimum Gasteiger partial charge on any atom is -0.483 e. The van der Waals surface area contributed by atoms with Gasteiger partial charge in [0.1, 0.15) is 11.3 Å². The molecule has 0 aromatic heterocycles. The largest absolute Gasteiger partial charge is 0.483 e. The van der Waals surface area contributed by atoms with Crippen LogP contribution in [0.25, 0.3) is 0 Å². The zero-order chi connectivity index (χ0) is 14.0. The molecule has 102 valence electrons. The summed E-state index contributed by atoms with van der Waals surface area (Å²) >= 11 is 5.81. The van der Waals surface area contributed by atoms with Gasteiger partial charge in [0, 0.05) is 13.1 Å². The smallest absolute Gasteiger partial charge is 0.341 e. The third-order valence-electron chi connectivity index (χ3n) is 3.03. The molecule has 5 nitrogen and oxygen atoms in total. The van der Waals surface area contributed by atoms with Crippen molar-refractivity contribution >= 4 is 23.5 Å². The van der Waals surface area contributed by atoms with Crippen LogP contribution in [0.4, 0.5) is 0 Å². The number of carboxylic acids is 1. The number of halogens is 1. The van der Waals surface area contributed by atoms with Crippen LogP contribution in [-0.4, -0.2) is 41.6 Å². The summed E-state index contributed by atoms with van der Waals surface area (Å²) in [7, 11) is 1.72. The van der Waals surface area contributed by atoms with Gasteiger partial charge in [0.05, 0.1) is 5.02 Å². The van der Waals surface area contributed by atoms with Crippen LogP contribution in [0.5, 0.6) is 5.75 Å². The number of ether oxygens (including phenoxy) is 1. The number of rotatable bonds is 5. The summed E-state index contributed by atoms with van der Waals surface area (Å²) in [5.74, 6) is -1.24. The van der Waals surface area contributed by atoms with Crippen LogP contribution >= 0.6 is 11.6 Å². The highest BCUT2D eigenvalue weighted by Gasteiger charge is 2.29. The number of benzene rings is 1. The van der Waals surface area contributed by atoms with Gasteiger partial charge in [0.15, 0.2) is 6.61 Å². The van der Waals surface area contributed by atoms with Crippen molar-refractivity contribution in [3.8, 4) is 5.75 Å². The van der Waals surface area contributed by atoms with Gasteiger partial charge < -0.3 is 14.7 Å². The van der Waals surface area contributed by atoms with Crippen molar-refractivity contribution in [3.63, 3.8) is 0 Å². The van der Waals surface area contributed by atoms with Crippen molar-refractivity contribution in [1.82, 2.24) is 4.90 Å². The highest BCUT2D eigenvalue weighted by Crippen LogP contribution is 2.27. The van der Waals surface area contributed by atoms with Crippen molar-refractivity contribution in [2.24, 2.45) is 0 Å². The topological polar surface area (TPSA) is 66.8 Å². The molecule has 0 unspecified atom stereocenters. The Labute approximate surface area is 115 Å². The Balaban J connectivity index is 2.05. The van der Waals surface area contributed by atoms with E-state index in [1.807, 2.05) is 0 Å². The van der Waals surface area contributed by atoms with Crippen molar-refractivity contribution in [2.45, 2.75) is 18.9 Å². The summed E-state index contributed by atoms with van der Waals surface area (Å²) in [6.45, 7) is -0.187. The van der Waals surface area contributed by atoms with Crippen LogP contribution in [-0.2, 0) is 4.79 Å². The summed E-state index contributed by atoms with van der Waals surface area (Å²) in [6, 6.07) is 4.84. The fourth-order valence-corrected chi connectivity index (χ4v) is 1.99. The van der Waals surface area contributed by atoms with Gasteiger partial charge in [-0.3, -0.25) is 4.79 Å². The first-order valence-corrected chi connectivity index (χ1v) is 6.28. The van der Waals surface area contributed by atoms with Crippen LogP contribution in [0.1, 0.15) is 23.2 Å². The quantitative estimate of drug-likeness (QED) is 0.898. The summed E-state index contributed by atoms with van der Waals surface area (Å²) in [6.07, 6.45) is 2.03. The lowest BCUT2D eigenvalue weighted by Crippen LogP contribution is -2.33. The lowest BCUT2D eigenvalue weighted by molar-refractivity contribution is -0.132. The molecular formula is C13H14ClNO4. The third-order valence-corrected chi connectivity index (χ3v) is 3.34. The highest BCUT2D eigenvalue weighted by atomic mass is 35.5. The van der Waals surface area contributed by atoms with Crippen LogP contribution < -0.4 is 4.74 Å². The van der Waals surface area contributed by atoms with Crippen LogP contribution in [0.2, 0.25) is 5.02 Å². The predicted molar refractivity (Wildman–Crippen MR) is 69.7 cm³/mol. The van der Waals surface area contributed by atoms with Crippen LogP contribution in [0, 0.1) is 0 Å². The molecule has 6 heteroatoms. The molecule has 0 atom stereocenters. The van der Waals surface area contributed by atoms with Gasteiger partial charge in [-0.2, -0.15) is 0 Å². The fraction of sp³-hybridized carbons (Fsp3) is 0.385. The third kappa shape index (κ3) is 3.17. The molecule has 1 saturated carbocycles. The second kappa shape index (κ2) is 5.48. The first-order valence-electron chi connectivity index (χ1n) is 5.91. The average Bonchev–Trinajstić information content (AvgIpc) is 3.18. The molecule has 1 amide bonds. The second-order valence-corrected chi connectivity index (χ2v) is 4.85. The highest BCUT2D eigenvalue weighted by molar-refractivity contribution is 6.33. The van der Waals surface area contributed by atoms with E-state index < -0.39 is 5.97 Å². The zero-order valence-electron chi connectivity index (χ0n) is 10.4. The van der Waals surface area contributed by atoms with Gasteiger partial charge >= 0.3 is 5.97 Å². The number of hydrogen-bond acceptors (Lipinski definition) is 3. The van der Waals surface area contributed by atoms with Crippen molar-refractivity contribution in [1.29, 1.82) is 0 Å². The fourth-order valence-electron chi connectivity index (χ4n) is 1.74. The number of nitrogens with zero attached hydrogens (tertiary/aromatic N) is 1. The summed E-state index contributed by atoms with van der Waals surface area (Å²) < 4.78 is 5.28. The average molecular weight is 284 g/mol. The lowest BCUT2D eigenvalue weighted by atomic mass is 10.2. The lowest BCUT2D eigenvalue weighted by Gasteiger charge is -2.17. The molecule has 1 aromatic carbocycles. The molecule has 1 fully saturated rings. The van der Waals surface area contributed by atoms with E-state index in [1.165, 1.54) is 12.1 Å². The van der Waals surface area contributed by atoms with Gasteiger partial charge in [-0.25, -0.2) is 4.79 Å². The SMILES string of the molecule is CN(C(=O)COc1cccc(Cl)c1C(=O)O)C1CC1. The Morgan fingerprint density at radius 2 is 2.16 bits per heavy atom. The Hall–Kier alpha value is -1.75. The molecule has 19 heavy (non-hydrogen) atoms. The Morgan fingerprint density at radius 1 is 1.47 bits per heavy atom. The number of aromatic carboxylic acids is 1. The maximum atomic E-state index is 11.8. The number of carbonyl (C=O) groups excluding carboxylic acids is 1. The van der Waals surface area contributed by atoms with E-state index in [1.54, 1.807) is 18.0 Å². The monoisotopic (exact) mass is 283 g/mol. The van der Waals surface area contributed by atoms with E-state index in [9.17, 15) is 9.59 Å².